The van der Waals surface area contributed by atoms with Gasteiger partial charge in [0.1, 0.15) is 0 Å². The molecule has 0 bridgehead atoms. The fraction of sp³-hybridized carbons (Fsp3) is 0.200. The summed E-state index contributed by atoms with van der Waals surface area (Å²) >= 11 is 0. The lowest BCUT2D eigenvalue weighted by Crippen LogP contribution is -2.28. The van der Waals surface area contributed by atoms with Crippen molar-refractivity contribution in [3.8, 4) is 0 Å². The summed E-state index contributed by atoms with van der Waals surface area (Å²) in [6.07, 6.45) is 1.03. The molecule has 4 rings (SSSR count). The lowest BCUT2D eigenvalue weighted by atomic mass is 10.2. The highest BCUT2D eigenvalue weighted by molar-refractivity contribution is 6.20. The monoisotopic (exact) mass is 363 g/mol. The minimum Gasteiger partial charge on any atom is -0.356 e. The number of rotatable bonds is 4. The summed E-state index contributed by atoms with van der Waals surface area (Å²) in [5.41, 5.74) is 2.71. The van der Waals surface area contributed by atoms with Crippen molar-refractivity contribution in [1.82, 2.24) is 0 Å². The van der Waals surface area contributed by atoms with E-state index in [0.29, 0.717) is 11.4 Å². The second-order valence-corrected chi connectivity index (χ2v) is 6.46. The fourth-order valence-corrected chi connectivity index (χ4v) is 3.28. The predicted octanol–water partition coefficient (Wildman–Crippen LogP) is 2.74. The Morgan fingerprint density at radius 1 is 0.519 bits per heavy atom. The Balaban J connectivity index is 1.46. The number of imide groups is 2. The molecule has 0 aliphatic carbocycles. The minimum atomic E-state index is -0.178. The SMILES string of the molecule is O=C1CCC(=O)N1c1ccc(Nc2ccc(N3C(=O)CCC3=O)cc2)cc1. The zero-order valence-corrected chi connectivity index (χ0v) is 14.5. The Morgan fingerprint density at radius 3 is 1.11 bits per heavy atom. The van der Waals surface area contributed by atoms with E-state index in [0.717, 1.165) is 11.4 Å². The van der Waals surface area contributed by atoms with Gasteiger partial charge < -0.3 is 5.32 Å². The molecule has 7 heteroatoms. The standard InChI is InChI=1S/C20H17N3O4/c24-17-9-10-18(25)22(17)15-5-1-13(2-6-15)21-14-3-7-16(8-4-14)23-19(26)11-12-20(23)27/h1-8,21H,9-12H2. The van der Waals surface area contributed by atoms with Gasteiger partial charge in [-0.25, -0.2) is 0 Å². The van der Waals surface area contributed by atoms with Crippen molar-refractivity contribution in [3.05, 3.63) is 48.5 Å². The van der Waals surface area contributed by atoms with E-state index in [9.17, 15) is 19.2 Å². The van der Waals surface area contributed by atoms with Crippen LogP contribution >= 0.6 is 0 Å². The van der Waals surface area contributed by atoms with Crippen molar-refractivity contribution in [1.29, 1.82) is 0 Å². The highest BCUT2D eigenvalue weighted by Gasteiger charge is 2.31. The normalized spacial score (nSPS) is 17.2. The number of amides is 4. The van der Waals surface area contributed by atoms with Crippen LogP contribution < -0.4 is 15.1 Å². The van der Waals surface area contributed by atoms with Gasteiger partial charge in [0.25, 0.3) is 0 Å². The highest BCUT2D eigenvalue weighted by Crippen LogP contribution is 2.27. The second-order valence-electron chi connectivity index (χ2n) is 6.46. The molecule has 4 amide bonds. The molecule has 1 N–H and O–H groups in total. The van der Waals surface area contributed by atoms with Gasteiger partial charge in [-0.15, -0.1) is 0 Å². The van der Waals surface area contributed by atoms with Crippen molar-refractivity contribution in [2.45, 2.75) is 25.7 Å². The van der Waals surface area contributed by atoms with Crippen molar-refractivity contribution in [2.24, 2.45) is 0 Å². The molecular weight excluding hydrogens is 346 g/mol. The van der Waals surface area contributed by atoms with E-state index >= 15 is 0 Å². The molecule has 2 aliphatic rings. The molecule has 2 aliphatic heterocycles. The first-order valence-corrected chi connectivity index (χ1v) is 8.72. The maximum atomic E-state index is 11.8. The van der Waals surface area contributed by atoms with Gasteiger partial charge in [0, 0.05) is 37.1 Å². The number of nitrogens with one attached hydrogen (secondary N) is 1. The first-order chi connectivity index (χ1) is 13.0. The Morgan fingerprint density at radius 2 is 0.815 bits per heavy atom. The molecule has 0 aromatic heterocycles. The van der Waals surface area contributed by atoms with Crippen LogP contribution in [0.25, 0.3) is 0 Å². The third-order valence-electron chi connectivity index (χ3n) is 4.64. The van der Waals surface area contributed by atoms with Gasteiger partial charge in [-0.2, -0.15) is 0 Å². The molecule has 2 fully saturated rings. The van der Waals surface area contributed by atoms with Gasteiger partial charge in [0.15, 0.2) is 0 Å². The van der Waals surface area contributed by atoms with Crippen LogP contribution in [-0.4, -0.2) is 23.6 Å². The zero-order chi connectivity index (χ0) is 19.0. The molecule has 136 valence electrons. The number of carbonyl (C=O) groups is 4. The van der Waals surface area contributed by atoms with Crippen molar-refractivity contribution in [2.75, 3.05) is 15.1 Å². The maximum Gasteiger partial charge on any atom is 0.234 e. The van der Waals surface area contributed by atoms with Gasteiger partial charge in [-0.1, -0.05) is 0 Å². The van der Waals surface area contributed by atoms with Crippen molar-refractivity contribution < 1.29 is 19.2 Å². The third-order valence-corrected chi connectivity index (χ3v) is 4.64. The van der Waals surface area contributed by atoms with Crippen molar-refractivity contribution in [3.63, 3.8) is 0 Å². The predicted molar refractivity (Wildman–Crippen MR) is 99.6 cm³/mol. The van der Waals surface area contributed by atoms with Crippen molar-refractivity contribution >= 4 is 46.4 Å². The van der Waals surface area contributed by atoms with E-state index in [-0.39, 0.29) is 49.3 Å². The first kappa shape index (κ1) is 17.0. The molecule has 0 atom stereocenters. The summed E-state index contributed by atoms with van der Waals surface area (Å²) in [6, 6.07) is 14.0. The van der Waals surface area contributed by atoms with E-state index in [1.54, 1.807) is 48.5 Å². The summed E-state index contributed by atoms with van der Waals surface area (Å²) in [7, 11) is 0. The number of anilines is 4. The summed E-state index contributed by atoms with van der Waals surface area (Å²) in [5, 5.41) is 3.21. The van der Waals surface area contributed by atoms with Gasteiger partial charge in [0.05, 0.1) is 11.4 Å². The maximum absolute atomic E-state index is 11.8. The molecule has 0 radical (unpaired) electrons. The summed E-state index contributed by atoms with van der Waals surface area (Å²) in [5.74, 6) is -0.714. The lowest BCUT2D eigenvalue weighted by molar-refractivity contribution is -0.122. The highest BCUT2D eigenvalue weighted by atomic mass is 16.2. The summed E-state index contributed by atoms with van der Waals surface area (Å²) in [4.78, 5) is 49.6. The summed E-state index contributed by atoms with van der Waals surface area (Å²) in [6.45, 7) is 0. The second kappa shape index (κ2) is 6.68. The lowest BCUT2D eigenvalue weighted by Gasteiger charge is -2.16. The number of carbonyl (C=O) groups excluding carboxylic acids is 4. The average Bonchev–Trinajstić information content (AvgIpc) is 3.18. The molecule has 2 aromatic carbocycles. The van der Waals surface area contributed by atoms with Crippen LogP contribution in [0.2, 0.25) is 0 Å². The van der Waals surface area contributed by atoms with Crippen LogP contribution in [0, 0.1) is 0 Å². The Hall–Kier alpha value is -3.48. The van der Waals surface area contributed by atoms with Crippen LogP contribution in [0.15, 0.2) is 48.5 Å². The van der Waals surface area contributed by atoms with E-state index in [4.69, 9.17) is 0 Å². The smallest absolute Gasteiger partial charge is 0.234 e. The Bertz CT molecular complexity index is 825. The molecule has 0 spiro atoms. The Labute approximate surface area is 155 Å². The van der Waals surface area contributed by atoms with Gasteiger partial charge in [-0.3, -0.25) is 29.0 Å². The number of hydrogen-bond acceptors (Lipinski definition) is 5. The van der Waals surface area contributed by atoms with Crippen LogP contribution in [0.1, 0.15) is 25.7 Å². The minimum absolute atomic E-state index is 0.178. The molecule has 0 saturated carbocycles. The molecule has 2 heterocycles. The van der Waals surface area contributed by atoms with E-state index in [1.165, 1.54) is 9.80 Å². The molecule has 2 aromatic rings. The van der Waals surface area contributed by atoms with Gasteiger partial charge in [0.2, 0.25) is 23.6 Å². The molecule has 0 unspecified atom stereocenters. The van der Waals surface area contributed by atoms with E-state index in [2.05, 4.69) is 5.32 Å². The molecular formula is C20H17N3O4. The van der Waals surface area contributed by atoms with Crippen LogP contribution in [-0.2, 0) is 19.2 Å². The third kappa shape index (κ3) is 3.19. The number of benzene rings is 2. The fourth-order valence-electron chi connectivity index (χ4n) is 3.28. The van der Waals surface area contributed by atoms with Crippen LogP contribution in [0.4, 0.5) is 22.7 Å². The Kier molecular flexibility index (Phi) is 4.19. The van der Waals surface area contributed by atoms with Gasteiger partial charge >= 0.3 is 0 Å². The zero-order valence-electron chi connectivity index (χ0n) is 14.5. The number of hydrogen-bond donors (Lipinski definition) is 1. The van der Waals surface area contributed by atoms with E-state index < -0.39 is 0 Å². The van der Waals surface area contributed by atoms with Gasteiger partial charge in [-0.05, 0) is 48.5 Å². The quantitative estimate of drug-likeness (QED) is 0.844. The average molecular weight is 363 g/mol. The number of nitrogens with zero attached hydrogens (tertiary/aromatic N) is 2. The molecule has 2 saturated heterocycles. The largest absolute Gasteiger partial charge is 0.356 e. The van der Waals surface area contributed by atoms with Crippen LogP contribution in [0.5, 0.6) is 0 Å². The topological polar surface area (TPSA) is 86.8 Å². The first-order valence-electron chi connectivity index (χ1n) is 8.72. The molecule has 7 nitrogen and oxygen atoms in total. The molecule has 27 heavy (non-hydrogen) atoms. The summed E-state index contributed by atoms with van der Waals surface area (Å²) < 4.78 is 0. The van der Waals surface area contributed by atoms with E-state index in [1.807, 2.05) is 0 Å². The van der Waals surface area contributed by atoms with Crippen LogP contribution in [0.3, 0.4) is 0 Å².